The molecule has 3 rings (SSSR count). The van der Waals surface area contributed by atoms with Gasteiger partial charge in [-0.3, -0.25) is 19.7 Å². The first-order valence-corrected chi connectivity index (χ1v) is 12.2. The van der Waals surface area contributed by atoms with E-state index in [-0.39, 0.29) is 17.9 Å². The fourth-order valence-electron chi connectivity index (χ4n) is 3.48. The number of likely N-dealkylation sites (N-methyl/N-ethyl adjacent to an activating group) is 1. The van der Waals surface area contributed by atoms with Gasteiger partial charge in [-0.1, -0.05) is 35.9 Å². The predicted octanol–water partition coefficient (Wildman–Crippen LogP) is 2.22. The smallest absolute Gasteiger partial charge is 0.313 e. The lowest BCUT2D eigenvalue weighted by Crippen LogP contribution is -2.48. The van der Waals surface area contributed by atoms with Gasteiger partial charge in [0.25, 0.3) is 11.8 Å². The molecular formula is C22H25ClN4O6S. The summed E-state index contributed by atoms with van der Waals surface area (Å²) < 4.78 is 28.0. The third-order valence-corrected chi connectivity index (χ3v) is 7.57. The number of amides is 4. The minimum atomic E-state index is -4.17. The summed E-state index contributed by atoms with van der Waals surface area (Å²) in [4.78, 5) is 39.2. The van der Waals surface area contributed by atoms with Gasteiger partial charge in [0.1, 0.15) is 11.6 Å². The van der Waals surface area contributed by atoms with Crippen LogP contribution >= 0.6 is 11.6 Å². The van der Waals surface area contributed by atoms with Gasteiger partial charge in [0.05, 0.1) is 4.90 Å². The number of rotatable bonds is 8. The van der Waals surface area contributed by atoms with Crippen molar-refractivity contribution in [3.05, 3.63) is 53.6 Å². The maximum Gasteiger partial charge on any atom is 0.327 e. The van der Waals surface area contributed by atoms with Crippen LogP contribution in [0.4, 0.5) is 4.79 Å². The van der Waals surface area contributed by atoms with Crippen LogP contribution in [-0.4, -0.2) is 66.4 Å². The Morgan fingerprint density at radius 3 is 2.06 bits per heavy atom. The number of imide groups is 1. The van der Waals surface area contributed by atoms with Gasteiger partial charge in [-0.25, -0.2) is 18.7 Å². The fourth-order valence-corrected chi connectivity index (χ4v) is 4.84. The molecule has 2 aromatic rings. The molecule has 1 aliphatic rings. The first-order chi connectivity index (χ1) is 15.9. The number of halogens is 1. The monoisotopic (exact) mass is 508 g/mol. The van der Waals surface area contributed by atoms with E-state index in [0.717, 1.165) is 16.0 Å². The van der Waals surface area contributed by atoms with Gasteiger partial charge in [0.2, 0.25) is 10.0 Å². The molecule has 1 heterocycles. The van der Waals surface area contributed by atoms with Gasteiger partial charge >= 0.3 is 6.03 Å². The Bertz CT molecular complexity index is 1200. The van der Waals surface area contributed by atoms with Crippen LogP contribution in [0, 0.1) is 0 Å². The van der Waals surface area contributed by atoms with Crippen molar-refractivity contribution in [1.82, 2.24) is 20.0 Å². The van der Waals surface area contributed by atoms with Gasteiger partial charge in [0, 0.05) is 18.6 Å². The number of carbonyl (C=O) groups is 3. The topological polar surface area (TPSA) is 136 Å². The summed E-state index contributed by atoms with van der Waals surface area (Å²) in [7, 11) is -2.69. The molecule has 3 N–H and O–H groups in total. The van der Waals surface area contributed by atoms with E-state index >= 15 is 0 Å². The summed E-state index contributed by atoms with van der Waals surface area (Å²) in [6.07, 6.45) is -0.240. The lowest BCUT2D eigenvalue weighted by Gasteiger charge is -2.22. The average Bonchev–Trinajstić information content (AvgIpc) is 2.96. The zero-order valence-electron chi connectivity index (χ0n) is 18.8. The number of sulfonamides is 1. The van der Waals surface area contributed by atoms with E-state index in [1.165, 1.54) is 29.6 Å². The van der Waals surface area contributed by atoms with Crippen LogP contribution in [0.15, 0.2) is 53.4 Å². The Labute approximate surface area is 202 Å². The normalized spacial score (nSPS) is 16.6. The average molecular weight is 509 g/mol. The predicted molar refractivity (Wildman–Crippen MR) is 124 cm³/mol. The molecule has 1 fully saturated rings. The maximum absolute atomic E-state index is 12.9. The van der Waals surface area contributed by atoms with Crippen molar-refractivity contribution >= 4 is 39.5 Å². The zero-order chi connectivity index (χ0) is 25.3. The quantitative estimate of drug-likeness (QED) is 0.284. The molecule has 1 saturated heterocycles. The van der Waals surface area contributed by atoms with E-state index in [0.29, 0.717) is 5.02 Å². The second-order valence-corrected chi connectivity index (χ2v) is 10.5. The molecule has 4 amide bonds. The highest BCUT2D eigenvalue weighted by atomic mass is 35.5. The lowest BCUT2D eigenvalue weighted by molar-refractivity contribution is -0.133. The van der Waals surface area contributed by atoms with E-state index in [1.54, 1.807) is 50.2 Å². The molecule has 0 bridgehead atoms. The van der Waals surface area contributed by atoms with Crippen LogP contribution in [0.5, 0.6) is 0 Å². The van der Waals surface area contributed by atoms with Crippen molar-refractivity contribution in [3.8, 4) is 11.1 Å². The first kappa shape index (κ1) is 25.6. The highest BCUT2D eigenvalue weighted by Crippen LogP contribution is 2.26. The van der Waals surface area contributed by atoms with Crippen molar-refractivity contribution < 1.29 is 28.0 Å². The molecule has 2 aromatic carbocycles. The Kier molecular flexibility index (Phi) is 7.32. The van der Waals surface area contributed by atoms with Crippen LogP contribution in [-0.2, 0) is 19.6 Å². The summed E-state index contributed by atoms with van der Waals surface area (Å²) >= 11 is 5.89. The van der Waals surface area contributed by atoms with Crippen molar-refractivity contribution in [2.75, 3.05) is 13.6 Å². The van der Waals surface area contributed by atoms with E-state index in [1.807, 2.05) is 0 Å². The summed E-state index contributed by atoms with van der Waals surface area (Å²) in [5, 5.41) is 9.65. The van der Waals surface area contributed by atoms with E-state index in [4.69, 9.17) is 16.8 Å². The Morgan fingerprint density at radius 2 is 1.59 bits per heavy atom. The van der Waals surface area contributed by atoms with Gasteiger partial charge in [-0.05, 0) is 55.7 Å². The lowest BCUT2D eigenvalue weighted by atomic mass is 10.0. The summed E-state index contributed by atoms with van der Waals surface area (Å²) in [5.41, 5.74) is 1.96. The number of carbonyl (C=O) groups excluding carboxylic acids is 3. The van der Waals surface area contributed by atoms with E-state index in [9.17, 15) is 22.8 Å². The molecule has 10 nitrogen and oxygen atoms in total. The number of hydroxylamine groups is 1. The van der Waals surface area contributed by atoms with Crippen LogP contribution in [0.2, 0.25) is 5.02 Å². The van der Waals surface area contributed by atoms with Gasteiger partial charge in [-0.15, -0.1) is 0 Å². The van der Waals surface area contributed by atoms with Crippen LogP contribution in [0.25, 0.3) is 11.1 Å². The highest BCUT2D eigenvalue weighted by Gasteiger charge is 2.49. The first-order valence-electron chi connectivity index (χ1n) is 10.3. The molecule has 1 atom stereocenters. The van der Waals surface area contributed by atoms with Crippen LogP contribution < -0.4 is 10.2 Å². The molecule has 1 aliphatic heterocycles. The largest absolute Gasteiger partial charge is 0.327 e. The zero-order valence-corrected chi connectivity index (χ0v) is 20.4. The van der Waals surface area contributed by atoms with Crippen LogP contribution in [0.1, 0.15) is 20.3 Å². The number of hydrogen-bond acceptors (Lipinski definition) is 6. The standard InChI is InChI=1S/C22H25ClN4O6S/c1-22(2)20(29)27(21(30)26(22)3)13-12-18(19(28)24-31)25-34(32,33)17-10-6-15(7-11-17)14-4-8-16(23)9-5-14/h4-11,18,25,31H,12-13H2,1-3H3,(H,24,28)/t18-/m1/s1. The third kappa shape index (κ3) is 5.07. The van der Waals surface area contributed by atoms with Crippen molar-refractivity contribution in [1.29, 1.82) is 0 Å². The third-order valence-electron chi connectivity index (χ3n) is 5.83. The Morgan fingerprint density at radius 1 is 1.06 bits per heavy atom. The van der Waals surface area contributed by atoms with Crippen molar-refractivity contribution in [2.45, 2.75) is 36.7 Å². The fraction of sp³-hybridized carbons (Fsp3) is 0.318. The van der Waals surface area contributed by atoms with Gasteiger partial charge in [0.15, 0.2) is 0 Å². The van der Waals surface area contributed by atoms with E-state index in [2.05, 4.69) is 4.72 Å². The second kappa shape index (κ2) is 9.71. The minimum absolute atomic E-state index is 0.102. The summed E-state index contributed by atoms with van der Waals surface area (Å²) in [5.74, 6) is -1.49. The molecule has 34 heavy (non-hydrogen) atoms. The number of urea groups is 1. The molecule has 12 heteroatoms. The second-order valence-electron chi connectivity index (χ2n) is 8.33. The molecule has 0 aliphatic carbocycles. The molecule has 0 spiro atoms. The molecule has 0 radical (unpaired) electrons. The number of benzene rings is 2. The number of nitrogens with one attached hydrogen (secondary N) is 2. The molecule has 0 aromatic heterocycles. The Hall–Kier alpha value is -2.99. The molecular weight excluding hydrogens is 484 g/mol. The van der Waals surface area contributed by atoms with Crippen LogP contribution in [0.3, 0.4) is 0 Å². The molecule has 0 saturated carbocycles. The molecule has 182 valence electrons. The van der Waals surface area contributed by atoms with Gasteiger partial charge < -0.3 is 4.90 Å². The maximum atomic E-state index is 12.9. The number of nitrogens with zero attached hydrogens (tertiary/aromatic N) is 2. The molecule has 0 unspecified atom stereocenters. The van der Waals surface area contributed by atoms with E-state index < -0.39 is 39.4 Å². The highest BCUT2D eigenvalue weighted by molar-refractivity contribution is 7.89. The summed E-state index contributed by atoms with van der Waals surface area (Å²) in [6, 6.07) is 11.0. The SMILES string of the molecule is CN1C(=O)N(CC[C@@H](NS(=O)(=O)c2ccc(-c3ccc(Cl)cc3)cc2)C(=O)NO)C(=O)C1(C)C. The Balaban J connectivity index is 1.75. The van der Waals surface area contributed by atoms with Gasteiger partial charge in [-0.2, -0.15) is 4.72 Å². The van der Waals surface area contributed by atoms with Crippen molar-refractivity contribution in [3.63, 3.8) is 0 Å². The minimum Gasteiger partial charge on any atom is -0.313 e. The summed E-state index contributed by atoms with van der Waals surface area (Å²) in [6.45, 7) is 2.95. The number of hydrogen-bond donors (Lipinski definition) is 3. The van der Waals surface area contributed by atoms with Crippen molar-refractivity contribution in [2.24, 2.45) is 0 Å².